The average molecular weight is 242 g/mol. The zero-order valence-corrected chi connectivity index (χ0v) is 11.5. The van der Waals surface area contributed by atoms with Gasteiger partial charge in [-0.15, -0.1) is 0 Å². The van der Waals surface area contributed by atoms with E-state index in [2.05, 4.69) is 37.9 Å². The third kappa shape index (κ3) is 5.04. The van der Waals surface area contributed by atoms with Gasteiger partial charge in [-0.3, -0.25) is 9.69 Å². The second-order valence-electron chi connectivity index (χ2n) is 6.37. The van der Waals surface area contributed by atoms with Crippen LogP contribution in [0.2, 0.25) is 0 Å². The van der Waals surface area contributed by atoms with Crippen LogP contribution in [0.5, 0.6) is 0 Å². The van der Waals surface area contributed by atoms with Crippen LogP contribution in [0, 0.1) is 11.3 Å². The highest BCUT2D eigenvalue weighted by Gasteiger charge is 2.31. The Bertz CT molecular complexity index is 264. The van der Waals surface area contributed by atoms with E-state index in [4.69, 9.17) is 5.11 Å². The Balaban J connectivity index is 2.73. The zero-order chi connectivity index (χ0) is 13.1. The van der Waals surface area contributed by atoms with Crippen molar-refractivity contribution in [3.63, 3.8) is 0 Å². The smallest absolute Gasteiger partial charge is 0.304 e. The van der Waals surface area contributed by atoms with Gasteiger partial charge in [0.2, 0.25) is 0 Å². The summed E-state index contributed by atoms with van der Waals surface area (Å²) in [6.45, 7) is 12.5. The molecule has 1 fully saturated rings. The maximum Gasteiger partial charge on any atom is 0.304 e. The molecule has 0 aromatic rings. The molecule has 0 aromatic carbocycles. The monoisotopic (exact) mass is 242 g/mol. The Morgan fingerprint density at radius 1 is 1.53 bits per heavy atom. The molecule has 0 amide bonds. The third-order valence-electron chi connectivity index (χ3n) is 3.14. The Labute approximate surface area is 104 Å². The lowest BCUT2D eigenvalue weighted by Crippen LogP contribution is -2.44. The van der Waals surface area contributed by atoms with Gasteiger partial charge in [0.05, 0.1) is 6.42 Å². The fourth-order valence-electron chi connectivity index (χ4n) is 2.53. The van der Waals surface area contributed by atoms with Gasteiger partial charge < -0.3 is 10.4 Å². The van der Waals surface area contributed by atoms with Crippen molar-refractivity contribution >= 4 is 5.97 Å². The van der Waals surface area contributed by atoms with Gasteiger partial charge in [0, 0.05) is 32.2 Å². The molecule has 0 bridgehead atoms. The molecule has 1 unspecified atom stereocenters. The van der Waals surface area contributed by atoms with Gasteiger partial charge >= 0.3 is 5.97 Å². The quantitative estimate of drug-likeness (QED) is 0.783. The maximum absolute atomic E-state index is 10.9. The van der Waals surface area contributed by atoms with Gasteiger partial charge in [-0.05, 0) is 11.3 Å². The van der Waals surface area contributed by atoms with E-state index >= 15 is 0 Å². The van der Waals surface area contributed by atoms with Crippen molar-refractivity contribution in [2.45, 2.75) is 40.2 Å². The molecule has 0 radical (unpaired) electrons. The molecular formula is C13H26N2O2. The van der Waals surface area contributed by atoms with Crippen molar-refractivity contribution in [3.05, 3.63) is 0 Å². The van der Waals surface area contributed by atoms with E-state index < -0.39 is 5.97 Å². The number of carboxylic acid groups (broad SMARTS) is 1. The lowest BCUT2D eigenvalue weighted by molar-refractivity contribution is -0.138. The van der Waals surface area contributed by atoms with Crippen LogP contribution in [0.1, 0.15) is 34.1 Å². The van der Waals surface area contributed by atoms with Gasteiger partial charge in [0.15, 0.2) is 0 Å². The van der Waals surface area contributed by atoms with Gasteiger partial charge in [-0.1, -0.05) is 27.7 Å². The zero-order valence-electron chi connectivity index (χ0n) is 11.5. The van der Waals surface area contributed by atoms with Gasteiger partial charge in [-0.2, -0.15) is 0 Å². The molecule has 100 valence electrons. The molecule has 1 aliphatic rings. The summed E-state index contributed by atoms with van der Waals surface area (Å²) in [5.41, 5.74) is 0.210. The van der Waals surface area contributed by atoms with Crippen LogP contribution in [0.15, 0.2) is 0 Å². The summed E-state index contributed by atoms with van der Waals surface area (Å²) >= 11 is 0. The molecule has 4 heteroatoms. The van der Waals surface area contributed by atoms with Crippen LogP contribution in [-0.4, -0.2) is 48.2 Å². The second-order valence-corrected chi connectivity index (χ2v) is 6.37. The van der Waals surface area contributed by atoms with E-state index in [1.807, 2.05) is 0 Å². The van der Waals surface area contributed by atoms with Gasteiger partial charge in [-0.25, -0.2) is 0 Å². The molecule has 0 aromatic heterocycles. The lowest BCUT2D eigenvalue weighted by Gasteiger charge is -2.34. The van der Waals surface area contributed by atoms with Crippen LogP contribution in [0.3, 0.4) is 0 Å². The minimum absolute atomic E-state index is 0.122. The van der Waals surface area contributed by atoms with Gasteiger partial charge in [0.25, 0.3) is 0 Å². The van der Waals surface area contributed by atoms with Crippen LogP contribution in [0.25, 0.3) is 0 Å². The minimum atomic E-state index is -0.703. The number of hydrogen-bond donors (Lipinski definition) is 2. The number of nitrogens with zero attached hydrogens (tertiary/aromatic N) is 1. The lowest BCUT2D eigenvalue weighted by atomic mass is 9.92. The first-order valence-electron chi connectivity index (χ1n) is 6.47. The first-order valence-corrected chi connectivity index (χ1v) is 6.47. The fourth-order valence-corrected chi connectivity index (χ4v) is 2.53. The predicted octanol–water partition coefficient (Wildman–Crippen LogP) is 1.42. The van der Waals surface area contributed by atoms with E-state index in [1.165, 1.54) is 0 Å². The summed E-state index contributed by atoms with van der Waals surface area (Å²) in [5.74, 6) is -0.134. The highest BCUT2D eigenvalue weighted by atomic mass is 16.4. The summed E-state index contributed by atoms with van der Waals surface area (Å²) in [6, 6.07) is 0.122. The summed E-state index contributed by atoms with van der Waals surface area (Å²) in [5, 5.41) is 12.4. The fraction of sp³-hybridized carbons (Fsp3) is 0.923. The number of carbonyl (C=O) groups is 1. The average Bonchev–Trinajstić information content (AvgIpc) is 2.24. The van der Waals surface area contributed by atoms with Gasteiger partial charge in [0.1, 0.15) is 0 Å². The van der Waals surface area contributed by atoms with Crippen molar-refractivity contribution in [2.24, 2.45) is 11.3 Å². The Morgan fingerprint density at radius 2 is 2.18 bits per heavy atom. The van der Waals surface area contributed by atoms with E-state index in [-0.39, 0.29) is 17.9 Å². The highest BCUT2D eigenvalue weighted by molar-refractivity contribution is 5.67. The first-order chi connectivity index (χ1) is 7.80. The topological polar surface area (TPSA) is 52.6 Å². The highest BCUT2D eigenvalue weighted by Crippen LogP contribution is 2.22. The third-order valence-corrected chi connectivity index (χ3v) is 3.14. The largest absolute Gasteiger partial charge is 0.481 e. The van der Waals surface area contributed by atoms with Crippen molar-refractivity contribution < 1.29 is 9.90 Å². The molecule has 17 heavy (non-hydrogen) atoms. The van der Waals surface area contributed by atoms with Crippen LogP contribution in [-0.2, 0) is 4.79 Å². The number of carboxylic acids is 1. The molecule has 1 heterocycles. The molecule has 1 saturated heterocycles. The summed E-state index contributed by atoms with van der Waals surface area (Å²) in [7, 11) is 0. The molecule has 1 aliphatic heterocycles. The molecule has 0 spiro atoms. The molecule has 0 saturated carbocycles. The first kappa shape index (κ1) is 14.5. The minimum Gasteiger partial charge on any atom is -0.481 e. The number of nitrogens with one attached hydrogen (secondary N) is 1. The van der Waals surface area contributed by atoms with Crippen molar-refractivity contribution in [3.8, 4) is 0 Å². The molecule has 4 nitrogen and oxygen atoms in total. The standard InChI is InChI=1S/C13H26N2O2/c1-10(2)7-15-9-13(3,4)8-14-6-11(15)5-12(16)17/h10-11,14H,5-9H2,1-4H3,(H,16,17). The maximum atomic E-state index is 10.9. The van der Waals surface area contributed by atoms with Crippen molar-refractivity contribution in [1.82, 2.24) is 10.2 Å². The summed E-state index contributed by atoms with van der Waals surface area (Å²) < 4.78 is 0. The van der Waals surface area contributed by atoms with E-state index in [0.29, 0.717) is 5.92 Å². The number of aliphatic carboxylic acids is 1. The Kier molecular flexibility index (Phi) is 4.95. The molecule has 2 N–H and O–H groups in total. The van der Waals surface area contributed by atoms with Crippen molar-refractivity contribution in [2.75, 3.05) is 26.2 Å². The molecule has 1 atom stereocenters. The summed E-state index contributed by atoms with van der Waals surface area (Å²) in [6.07, 6.45) is 0.232. The predicted molar refractivity (Wildman–Crippen MR) is 69.1 cm³/mol. The molecule has 1 rings (SSSR count). The SMILES string of the molecule is CC(C)CN1CC(C)(C)CNCC1CC(=O)O. The summed E-state index contributed by atoms with van der Waals surface area (Å²) in [4.78, 5) is 13.3. The van der Waals surface area contributed by atoms with E-state index in [0.717, 1.165) is 26.2 Å². The molecular weight excluding hydrogens is 216 g/mol. The van der Waals surface area contributed by atoms with Crippen molar-refractivity contribution in [1.29, 1.82) is 0 Å². The van der Waals surface area contributed by atoms with E-state index in [9.17, 15) is 4.79 Å². The van der Waals surface area contributed by atoms with Crippen LogP contribution in [0.4, 0.5) is 0 Å². The second kappa shape index (κ2) is 5.83. The number of rotatable bonds is 4. The number of hydrogen-bond acceptors (Lipinski definition) is 3. The Hall–Kier alpha value is -0.610. The van der Waals surface area contributed by atoms with E-state index in [1.54, 1.807) is 0 Å². The normalized spacial score (nSPS) is 25.8. The van der Waals surface area contributed by atoms with Crippen LogP contribution < -0.4 is 5.32 Å². The molecule has 0 aliphatic carbocycles. The van der Waals surface area contributed by atoms with Crippen LogP contribution >= 0.6 is 0 Å². The Morgan fingerprint density at radius 3 is 2.71 bits per heavy atom.